The summed E-state index contributed by atoms with van der Waals surface area (Å²) in [6.07, 6.45) is 0.839. The lowest BCUT2D eigenvalue weighted by molar-refractivity contribution is -0.151. The topological polar surface area (TPSA) is 190 Å². The second-order valence-electron chi connectivity index (χ2n) is 5.84. The van der Waals surface area contributed by atoms with Crippen LogP contribution in [0.4, 0.5) is 4.79 Å². The van der Waals surface area contributed by atoms with Gasteiger partial charge in [-0.15, -0.1) is 0 Å². The molecule has 0 aromatic heterocycles. The van der Waals surface area contributed by atoms with E-state index >= 15 is 0 Å². The summed E-state index contributed by atoms with van der Waals surface area (Å²) in [4.78, 5) is 48.8. The molecule has 0 rings (SSSR count). The maximum Gasteiger partial charge on any atom is 0.328 e. The standard InChI is InChI=1S/C15H26N6O5/c1-9(2)26-14(24)12(6-5-10(22)8-20-18)21-13(23)11(16)4-3-7-19-15(17)25/h8-9,11-12H,3-7,16H2,1-2H3,(H,21,23)(H3,17,19,25)/t11-,12?/m0/s1. The highest BCUT2D eigenvalue weighted by atomic mass is 16.5. The number of rotatable bonds is 12. The predicted octanol–water partition coefficient (Wildman–Crippen LogP) is -1.15. The summed E-state index contributed by atoms with van der Waals surface area (Å²) in [7, 11) is 0. The fourth-order valence-electron chi connectivity index (χ4n) is 1.92. The number of carbonyl (C=O) groups excluding carboxylic acids is 4. The molecule has 1 unspecified atom stereocenters. The Morgan fingerprint density at radius 2 is 1.88 bits per heavy atom. The average Bonchev–Trinajstić information content (AvgIpc) is 2.54. The largest absolute Gasteiger partial charge is 0.461 e. The Hall–Kier alpha value is -2.78. The van der Waals surface area contributed by atoms with Crippen LogP contribution in [0.5, 0.6) is 0 Å². The van der Waals surface area contributed by atoms with Gasteiger partial charge < -0.3 is 32.4 Å². The Kier molecular flexibility index (Phi) is 11.2. The molecule has 0 aromatic carbocycles. The molecule has 0 saturated heterocycles. The molecular formula is C15H26N6O5. The van der Waals surface area contributed by atoms with Gasteiger partial charge in [-0.05, 0) is 33.1 Å². The first-order valence-electron chi connectivity index (χ1n) is 8.17. The maximum absolute atomic E-state index is 12.1. The van der Waals surface area contributed by atoms with Crippen LogP contribution in [0.2, 0.25) is 0 Å². The molecule has 11 nitrogen and oxygen atoms in total. The van der Waals surface area contributed by atoms with E-state index in [0.29, 0.717) is 12.6 Å². The van der Waals surface area contributed by atoms with Gasteiger partial charge in [0.25, 0.3) is 0 Å². The van der Waals surface area contributed by atoms with Crippen LogP contribution in [-0.2, 0) is 19.1 Å². The van der Waals surface area contributed by atoms with Crippen molar-refractivity contribution in [3.8, 4) is 0 Å². The van der Waals surface area contributed by atoms with Crippen LogP contribution in [0.3, 0.4) is 0 Å². The minimum Gasteiger partial charge on any atom is -0.461 e. The van der Waals surface area contributed by atoms with Crippen LogP contribution in [-0.4, -0.2) is 59.4 Å². The number of ketones is 1. The number of urea groups is 1. The number of nitrogens with zero attached hydrogens (tertiary/aromatic N) is 2. The molecule has 6 N–H and O–H groups in total. The number of nitrogens with two attached hydrogens (primary N) is 2. The van der Waals surface area contributed by atoms with E-state index in [1.807, 2.05) is 0 Å². The molecule has 0 saturated carbocycles. The number of hydrogen-bond donors (Lipinski definition) is 4. The first-order valence-corrected chi connectivity index (χ1v) is 8.17. The number of esters is 1. The summed E-state index contributed by atoms with van der Waals surface area (Å²) in [5.74, 6) is -1.78. The lowest BCUT2D eigenvalue weighted by Crippen LogP contribution is -2.49. The summed E-state index contributed by atoms with van der Waals surface area (Å²) in [6.45, 7) is 3.57. The van der Waals surface area contributed by atoms with Crippen molar-refractivity contribution in [3.05, 3.63) is 5.53 Å². The zero-order valence-corrected chi connectivity index (χ0v) is 14.9. The molecule has 0 radical (unpaired) electrons. The van der Waals surface area contributed by atoms with Crippen LogP contribution in [0, 0.1) is 0 Å². The molecule has 0 spiro atoms. The average molecular weight is 370 g/mol. The normalized spacial score (nSPS) is 12.5. The van der Waals surface area contributed by atoms with Gasteiger partial charge in [-0.3, -0.25) is 9.59 Å². The highest BCUT2D eigenvalue weighted by Crippen LogP contribution is 2.05. The van der Waals surface area contributed by atoms with Crippen LogP contribution < -0.4 is 22.1 Å². The monoisotopic (exact) mass is 370 g/mol. The van der Waals surface area contributed by atoms with Crippen LogP contribution in [0.15, 0.2) is 0 Å². The maximum atomic E-state index is 12.1. The van der Waals surface area contributed by atoms with E-state index in [1.54, 1.807) is 13.8 Å². The first kappa shape index (κ1) is 23.2. The molecule has 0 bridgehead atoms. The third kappa shape index (κ3) is 10.9. The van der Waals surface area contributed by atoms with Crippen molar-refractivity contribution in [2.75, 3.05) is 6.54 Å². The number of carbonyl (C=O) groups is 4. The van der Waals surface area contributed by atoms with E-state index in [4.69, 9.17) is 21.7 Å². The lowest BCUT2D eigenvalue weighted by atomic mass is 10.1. The lowest BCUT2D eigenvalue weighted by Gasteiger charge is -2.20. The van der Waals surface area contributed by atoms with Gasteiger partial charge in [-0.2, -0.15) is 4.79 Å². The molecule has 0 heterocycles. The van der Waals surface area contributed by atoms with E-state index in [2.05, 4.69) is 15.4 Å². The second kappa shape index (κ2) is 12.6. The molecule has 0 aromatic rings. The van der Waals surface area contributed by atoms with E-state index < -0.39 is 41.9 Å². The molecule has 0 fully saturated rings. The fourth-order valence-corrected chi connectivity index (χ4v) is 1.92. The first-order chi connectivity index (χ1) is 12.2. The van der Waals surface area contributed by atoms with Crippen LogP contribution >= 0.6 is 0 Å². The Morgan fingerprint density at radius 3 is 2.42 bits per heavy atom. The molecule has 0 aliphatic heterocycles. The third-order valence-corrected chi connectivity index (χ3v) is 3.16. The smallest absolute Gasteiger partial charge is 0.328 e. The fraction of sp³-hybridized carbons (Fsp3) is 0.667. The van der Waals surface area contributed by atoms with Gasteiger partial charge >= 0.3 is 18.2 Å². The molecule has 26 heavy (non-hydrogen) atoms. The van der Waals surface area contributed by atoms with Gasteiger partial charge in [0.1, 0.15) is 6.04 Å². The summed E-state index contributed by atoms with van der Waals surface area (Å²) in [6, 6.07) is -2.64. The van der Waals surface area contributed by atoms with E-state index in [0.717, 1.165) is 0 Å². The van der Waals surface area contributed by atoms with Crippen molar-refractivity contribution in [1.82, 2.24) is 10.6 Å². The van der Waals surface area contributed by atoms with Crippen LogP contribution in [0.1, 0.15) is 39.5 Å². The number of ether oxygens (including phenoxy) is 1. The number of nitrogens with one attached hydrogen (secondary N) is 2. The van der Waals surface area contributed by atoms with Crippen molar-refractivity contribution in [2.24, 2.45) is 11.5 Å². The number of amides is 3. The molecule has 146 valence electrons. The third-order valence-electron chi connectivity index (χ3n) is 3.16. The second-order valence-corrected chi connectivity index (χ2v) is 5.84. The highest BCUT2D eigenvalue weighted by Gasteiger charge is 2.26. The van der Waals surface area contributed by atoms with Gasteiger partial charge in [-0.25, -0.2) is 9.59 Å². The van der Waals surface area contributed by atoms with E-state index in [-0.39, 0.29) is 25.8 Å². The molecule has 2 atom stereocenters. The number of hydrogen-bond acceptors (Lipinski definition) is 6. The van der Waals surface area contributed by atoms with Crippen LogP contribution in [0.25, 0.3) is 5.53 Å². The Balaban J connectivity index is 4.68. The summed E-state index contributed by atoms with van der Waals surface area (Å²) >= 11 is 0. The Morgan fingerprint density at radius 1 is 1.23 bits per heavy atom. The number of primary amides is 1. The van der Waals surface area contributed by atoms with Gasteiger partial charge in [0.2, 0.25) is 11.7 Å². The van der Waals surface area contributed by atoms with Crippen molar-refractivity contribution in [3.63, 3.8) is 0 Å². The molecular weight excluding hydrogens is 344 g/mol. The minimum absolute atomic E-state index is 0.0297. The molecule has 0 aliphatic rings. The van der Waals surface area contributed by atoms with E-state index in [9.17, 15) is 19.2 Å². The van der Waals surface area contributed by atoms with Gasteiger partial charge in [0.05, 0.1) is 12.1 Å². The molecule has 11 heteroatoms. The Labute approximate surface area is 151 Å². The highest BCUT2D eigenvalue weighted by molar-refractivity contribution is 6.25. The summed E-state index contributed by atoms with van der Waals surface area (Å²) < 4.78 is 5.06. The summed E-state index contributed by atoms with van der Waals surface area (Å²) in [5, 5.41) is 4.83. The SMILES string of the molecule is CC(C)OC(=O)C(CCC(=O)C=[N+]=[N-])NC(=O)[C@@H](N)CCCNC(N)=O. The van der Waals surface area contributed by atoms with Crippen molar-refractivity contribution in [1.29, 1.82) is 0 Å². The van der Waals surface area contributed by atoms with Gasteiger partial charge in [0, 0.05) is 13.0 Å². The minimum atomic E-state index is -1.06. The van der Waals surface area contributed by atoms with Gasteiger partial charge in [-0.1, -0.05) is 0 Å². The van der Waals surface area contributed by atoms with E-state index in [1.165, 1.54) is 0 Å². The Bertz CT molecular complexity index is 559. The van der Waals surface area contributed by atoms with Gasteiger partial charge in [0.15, 0.2) is 0 Å². The quantitative estimate of drug-likeness (QED) is 0.110. The number of Topliss-reactive ketones (excluding diaryl/α,β-unsaturated/α-hetero) is 1. The van der Waals surface area contributed by atoms with Crippen molar-refractivity contribution in [2.45, 2.75) is 57.7 Å². The summed E-state index contributed by atoms with van der Waals surface area (Å²) in [5.41, 5.74) is 19.0. The predicted molar refractivity (Wildman–Crippen MR) is 91.9 cm³/mol. The zero-order valence-electron chi connectivity index (χ0n) is 14.9. The zero-order chi connectivity index (χ0) is 20.1. The molecule has 0 aliphatic carbocycles. The van der Waals surface area contributed by atoms with Crippen molar-refractivity contribution >= 4 is 29.9 Å². The van der Waals surface area contributed by atoms with Crippen molar-refractivity contribution < 1.29 is 28.7 Å². The molecule has 3 amide bonds.